The average molecular weight is 304 g/mol. The molecule has 6 heteroatoms. The normalized spacial score (nSPS) is 20.3. The predicted octanol–water partition coefficient (Wildman–Crippen LogP) is 2.32. The minimum Gasteiger partial charge on any atom is -0.335 e. The summed E-state index contributed by atoms with van der Waals surface area (Å²) < 4.78 is 3.74. The lowest BCUT2D eigenvalue weighted by Gasteiger charge is -2.23. The van der Waals surface area contributed by atoms with Crippen molar-refractivity contribution in [1.29, 1.82) is 0 Å². The molecule has 0 N–H and O–H groups in total. The van der Waals surface area contributed by atoms with E-state index in [-0.39, 0.29) is 5.91 Å². The molecule has 1 fully saturated rings. The van der Waals surface area contributed by atoms with Crippen LogP contribution in [0.25, 0.3) is 0 Å². The first-order valence-electron chi connectivity index (χ1n) is 5.47. The van der Waals surface area contributed by atoms with Crippen molar-refractivity contribution in [3.63, 3.8) is 0 Å². The zero-order valence-electron chi connectivity index (χ0n) is 8.93. The smallest absolute Gasteiger partial charge is 0.267 e. The van der Waals surface area contributed by atoms with E-state index in [2.05, 4.69) is 25.5 Å². The topological polar surface area (TPSA) is 46.1 Å². The maximum absolute atomic E-state index is 12.1. The molecule has 1 aliphatic heterocycles. The van der Waals surface area contributed by atoms with Crippen molar-refractivity contribution in [1.82, 2.24) is 14.5 Å². The standard InChI is InChI=1S/C10H14BrN3OS/c11-5-1-3-8-4-2-6-14(8)10(15)9-7-12-13-16-9/h7-8H,1-6H2. The number of hydrogen-bond acceptors (Lipinski definition) is 4. The van der Waals surface area contributed by atoms with Crippen LogP contribution in [0, 0.1) is 0 Å². The van der Waals surface area contributed by atoms with Gasteiger partial charge >= 0.3 is 0 Å². The first-order valence-corrected chi connectivity index (χ1v) is 7.36. The van der Waals surface area contributed by atoms with Crippen LogP contribution in [0.2, 0.25) is 0 Å². The zero-order valence-corrected chi connectivity index (χ0v) is 11.3. The molecule has 1 unspecified atom stereocenters. The van der Waals surface area contributed by atoms with Gasteiger partial charge in [-0.25, -0.2) is 0 Å². The minimum atomic E-state index is 0.104. The number of alkyl halides is 1. The molecule has 0 aliphatic carbocycles. The maximum atomic E-state index is 12.1. The first kappa shape index (κ1) is 12.0. The van der Waals surface area contributed by atoms with Gasteiger partial charge in [-0.2, -0.15) is 0 Å². The Morgan fingerprint density at radius 3 is 3.25 bits per heavy atom. The second kappa shape index (κ2) is 5.72. The van der Waals surface area contributed by atoms with Gasteiger partial charge < -0.3 is 4.90 Å². The van der Waals surface area contributed by atoms with Crippen molar-refractivity contribution in [2.75, 3.05) is 11.9 Å². The molecule has 1 amide bonds. The van der Waals surface area contributed by atoms with E-state index >= 15 is 0 Å². The van der Waals surface area contributed by atoms with Crippen LogP contribution in [0.5, 0.6) is 0 Å². The van der Waals surface area contributed by atoms with Gasteiger partial charge in [-0.3, -0.25) is 4.79 Å². The summed E-state index contributed by atoms with van der Waals surface area (Å²) in [5.41, 5.74) is 0. The maximum Gasteiger partial charge on any atom is 0.267 e. The Morgan fingerprint density at radius 1 is 1.69 bits per heavy atom. The van der Waals surface area contributed by atoms with E-state index in [4.69, 9.17) is 0 Å². The average Bonchev–Trinajstić information content (AvgIpc) is 2.96. The van der Waals surface area contributed by atoms with Gasteiger partial charge in [0.25, 0.3) is 5.91 Å². The highest BCUT2D eigenvalue weighted by Gasteiger charge is 2.29. The Balaban J connectivity index is 1.99. The molecular weight excluding hydrogens is 290 g/mol. The van der Waals surface area contributed by atoms with Gasteiger partial charge in [0.1, 0.15) is 4.88 Å². The van der Waals surface area contributed by atoms with Crippen LogP contribution < -0.4 is 0 Å². The van der Waals surface area contributed by atoms with E-state index in [9.17, 15) is 4.79 Å². The van der Waals surface area contributed by atoms with Crippen LogP contribution in [0.15, 0.2) is 6.20 Å². The molecule has 0 spiro atoms. The number of carbonyl (C=O) groups is 1. The molecule has 1 aromatic rings. The number of halogens is 1. The van der Waals surface area contributed by atoms with E-state index in [0.29, 0.717) is 10.9 Å². The van der Waals surface area contributed by atoms with Crippen LogP contribution in [0.1, 0.15) is 35.4 Å². The highest BCUT2D eigenvalue weighted by Crippen LogP contribution is 2.24. The Morgan fingerprint density at radius 2 is 2.56 bits per heavy atom. The number of amides is 1. The Bertz CT molecular complexity index is 344. The van der Waals surface area contributed by atoms with Crippen molar-refractivity contribution in [3.05, 3.63) is 11.1 Å². The van der Waals surface area contributed by atoms with E-state index in [1.165, 1.54) is 11.5 Å². The SMILES string of the molecule is O=C(c1cnns1)N1CCCC1CCCBr. The zero-order chi connectivity index (χ0) is 11.4. The van der Waals surface area contributed by atoms with Crippen molar-refractivity contribution in [2.24, 2.45) is 0 Å². The molecule has 1 atom stereocenters. The summed E-state index contributed by atoms with van der Waals surface area (Å²) in [6.07, 6.45) is 6.02. The van der Waals surface area contributed by atoms with Crippen molar-refractivity contribution < 1.29 is 4.79 Å². The molecule has 0 aromatic carbocycles. The molecule has 0 radical (unpaired) electrons. The van der Waals surface area contributed by atoms with Crippen molar-refractivity contribution in [2.45, 2.75) is 31.7 Å². The number of hydrogen-bond donors (Lipinski definition) is 0. The summed E-state index contributed by atoms with van der Waals surface area (Å²) in [4.78, 5) is 14.8. The quantitative estimate of drug-likeness (QED) is 0.802. The van der Waals surface area contributed by atoms with E-state index in [1.54, 1.807) is 6.20 Å². The van der Waals surface area contributed by atoms with Crippen LogP contribution in [-0.2, 0) is 0 Å². The predicted molar refractivity (Wildman–Crippen MR) is 67.0 cm³/mol. The van der Waals surface area contributed by atoms with Gasteiger partial charge in [0, 0.05) is 17.9 Å². The summed E-state index contributed by atoms with van der Waals surface area (Å²) in [6.45, 7) is 0.879. The lowest BCUT2D eigenvalue weighted by atomic mass is 10.1. The van der Waals surface area contributed by atoms with Crippen LogP contribution in [0.3, 0.4) is 0 Å². The molecular formula is C10H14BrN3OS. The number of aromatic nitrogens is 2. The third-order valence-corrected chi connectivity index (χ3v) is 4.09. The van der Waals surface area contributed by atoms with Crippen molar-refractivity contribution >= 4 is 33.4 Å². The fourth-order valence-electron chi connectivity index (χ4n) is 2.12. The van der Waals surface area contributed by atoms with Crippen LogP contribution in [-0.4, -0.2) is 38.3 Å². The van der Waals surface area contributed by atoms with E-state index < -0.39 is 0 Å². The molecule has 1 saturated heterocycles. The molecule has 2 heterocycles. The molecule has 16 heavy (non-hydrogen) atoms. The van der Waals surface area contributed by atoms with Crippen molar-refractivity contribution in [3.8, 4) is 0 Å². The van der Waals surface area contributed by atoms with Gasteiger partial charge in [0.05, 0.1) is 6.20 Å². The number of nitrogens with zero attached hydrogens (tertiary/aromatic N) is 3. The second-order valence-electron chi connectivity index (χ2n) is 3.91. The van der Waals surface area contributed by atoms with Gasteiger partial charge in [-0.15, -0.1) is 5.10 Å². The Kier molecular flexibility index (Phi) is 4.29. The molecule has 4 nitrogen and oxygen atoms in total. The Labute approximate surface area is 107 Å². The summed E-state index contributed by atoms with van der Waals surface area (Å²) in [7, 11) is 0. The van der Waals surface area contributed by atoms with Gasteiger partial charge in [0.15, 0.2) is 0 Å². The third kappa shape index (κ3) is 2.60. The highest BCUT2D eigenvalue weighted by molar-refractivity contribution is 9.09. The van der Waals surface area contributed by atoms with Gasteiger partial charge in [-0.05, 0) is 37.2 Å². The first-order chi connectivity index (χ1) is 7.83. The van der Waals surface area contributed by atoms with E-state index in [1.807, 2.05) is 4.90 Å². The molecule has 2 rings (SSSR count). The summed E-state index contributed by atoms with van der Waals surface area (Å²) in [5.74, 6) is 0.104. The van der Waals surface area contributed by atoms with Crippen LogP contribution in [0.4, 0.5) is 0 Å². The number of carbonyl (C=O) groups excluding carboxylic acids is 1. The lowest BCUT2D eigenvalue weighted by Crippen LogP contribution is -2.35. The molecule has 1 aromatic heterocycles. The fraction of sp³-hybridized carbons (Fsp3) is 0.700. The summed E-state index contributed by atoms with van der Waals surface area (Å²) in [5, 5.41) is 4.72. The fourth-order valence-corrected chi connectivity index (χ4v) is 2.91. The second-order valence-corrected chi connectivity index (χ2v) is 5.49. The Hall–Kier alpha value is -0.490. The monoisotopic (exact) mass is 303 g/mol. The largest absolute Gasteiger partial charge is 0.335 e. The summed E-state index contributed by atoms with van der Waals surface area (Å²) in [6, 6.07) is 0.409. The lowest BCUT2D eigenvalue weighted by molar-refractivity contribution is 0.0735. The summed E-state index contributed by atoms with van der Waals surface area (Å²) >= 11 is 4.61. The highest BCUT2D eigenvalue weighted by atomic mass is 79.9. The third-order valence-electron chi connectivity index (χ3n) is 2.88. The number of rotatable bonds is 4. The molecule has 1 aliphatic rings. The number of likely N-dealkylation sites (tertiary alicyclic amines) is 1. The molecule has 88 valence electrons. The molecule has 0 bridgehead atoms. The minimum absolute atomic E-state index is 0.104. The van der Waals surface area contributed by atoms with Crippen LogP contribution >= 0.6 is 27.5 Å². The van der Waals surface area contributed by atoms with E-state index in [0.717, 1.165) is 37.6 Å². The molecule has 0 saturated carbocycles. The van der Waals surface area contributed by atoms with Gasteiger partial charge in [0.2, 0.25) is 0 Å². The van der Waals surface area contributed by atoms with Gasteiger partial charge in [-0.1, -0.05) is 20.4 Å².